The monoisotopic (exact) mass is 302 g/mol. The van der Waals surface area contributed by atoms with E-state index in [1.54, 1.807) is 0 Å². The molecular formula is C14H17F3N2O2. The van der Waals surface area contributed by atoms with Crippen molar-refractivity contribution in [1.82, 2.24) is 0 Å². The average molecular weight is 302 g/mol. The van der Waals surface area contributed by atoms with Gasteiger partial charge in [-0.3, -0.25) is 10.1 Å². The number of anilines is 1. The molecule has 0 heterocycles. The number of halogens is 3. The molecule has 0 aromatic heterocycles. The number of alkyl halides is 3. The van der Waals surface area contributed by atoms with Crippen molar-refractivity contribution in [3.8, 4) is 0 Å². The minimum Gasteiger partial charge on any atom is -0.384 e. The molecule has 1 aliphatic carbocycles. The van der Waals surface area contributed by atoms with Crippen LogP contribution in [-0.4, -0.2) is 11.5 Å². The van der Waals surface area contributed by atoms with E-state index >= 15 is 0 Å². The fourth-order valence-corrected chi connectivity index (χ4v) is 2.68. The summed E-state index contributed by atoms with van der Waals surface area (Å²) in [5.41, 5.74) is -1.61. The molecule has 1 saturated carbocycles. The van der Waals surface area contributed by atoms with E-state index in [9.17, 15) is 23.3 Å². The summed E-state index contributed by atoms with van der Waals surface area (Å²) < 4.78 is 39.0. The minimum absolute atomic E-state index is 0.0846. The van der Waals surface area contributed by atoms with Crippen molar-refractivity contribution >= 4 is 11.4 Å². The van der Waals surface area contributed by atoms with Crippen LogP contribution < -0.4 is 5.32 Å². The lowest BCUT2D eigenvalue weighted by Crippen LogP contribution is -2.19. The lowest BCUT2D eigenvalue weighted by Gasteiger charge is -2.23. The van der Waals surface area contributed by atoms with Gasteiger partial charge in [0, 0.05) is 24.4 Å². The molecule has 1 aromatic carbocycles. The predicted molar refractivity (Wildman–Crippen MR) is 73.2 cm³/mol. The summed E-state index contributed by atoms with van der Waals surface area (Å²) in [6.07, 6.45) is 0.822. The standard InChI is InChI=1S/C14H17F3N2O2/c15-14(16,17)12-8-11(19(20)21)6-7-13(12)18-9-10-4-2-1-3-5-10/h6-8,10,18H,1-5,9H2. The molecule has 21 heavy (non-hydrogen) atoms. The Labute approximate surface area is 120 Å². The summed E-state index contributed by atoms with van der Waals surface area (Å²) in [5, 5.41) is 13.4. The fraction of sp³-hybridized carbons (Fsp3) is 0.571. The van der Waals surface area contributed by atoms with Crippen LogP contribution in [0.4, 0.5) is 24.5 Å². The van der Waals surface area contributed by atoms with E-state index in [0.717, 1.165) is 37.8 Å². The molecule has 1 fully saturated rings. The second-order valence-corrected chi connectivity index (χ2v) is 5.37. The van der Waals surface area contributed by atoms with Crippen LogP contribution in [0.2, 0.25) is 0 Å². The van der Waals surface area contributed by atoms with E-state index in [-0.39, 0.29) is 5.69 Å². The maximum Gasteiger partial charge on any atom is 0.418 e. The van der Waals surface area contributed by atoms with Crippen LogP contribution in [0.3, 0.4) is 0 Å². The number of nitrogens with zero attached hydrogens (tertiary/aromatic N) is 1. The molecule has 0 atom stereocenters. The van der Waals surface area contributed by atoms with Gasteiger partial charge in [-0.15, -0.1) is 0 Å². The maximum atomic E-state index is 13.0. The number of hydrogen-bond donors (Lipinski definition) is 1. The molecular weight excluding hydrogens is 285 g/mol. The van der Waals surface area contributed by atoms with Crippen molar-refractivity contribution in [1.29, 1.82) is 0 Å². The zero-order valence-corrected chi connectivity index (χ0v) is 11.4. The van der Waals surface area contributed by atoms with Gasteiger partial charge >= 0.3 is 6.18 Å². The summed E-state index contributed by atoms with van der Waals surface area (Å²) in [6.45, 7) is 0.473. The van der Waals surface area contributed by atoms with Gasteiger partial charge in [0.05, 0.1) is 10.5 Å². The first-order valence-corrected chi connectivity index (χ1v) is 6.97. The number of hydrogen-bond acceptors (Lipinski definition) is 3. The fourth-order valence-electron chi connectivity index (χ4n) is 2.68. The molecule has 0 saturated heterocycles. The molecule has 0 spiro atoms. The van der Waals surface area contributed by atoms with Gasteiger partial charge in [0.2, 0.25) is 0 Å². The molecule has 7 heteroatoms. The van der Waals surface area contributed by atoms with Crippen molar-refractivity contribution in [2.45, 2.75) is 38.3 Å². The van der Waals surface area contributed by atoms with Gasteiger partial charge < -0.3 is 5.32 Å². The highest BCUT2D eigenvalue weighted by Crippen LogP contribution is 2.37. The molecule has 1 aliphatic rings. The summed E-state index contributed by atoms with van der Waals surface area (Å²) in [5.74, 6) is 0.370. The van der Waals surface area contributed by atoms with Crippen molar-refractivity contribution < 1.29 is 18.1 Å². The third kappa shape index (κ3) is 4.09. The van der Waals surface area contributed by atoms with Crippen LogP contribution in [0.15, 0.2) is 18.2 Å². The van der Waals surface area contributed by atoms with E-state index in [1.807, 2.05) is 0 Å². The normalized spacial score (nSPS) is 16.7. The minimum atomic E-state index is -4.61. The second-order valence-electron chi connectivity index (χ2n) is 5.37. The Morgan fingerprint density at radius 2 is 1.90 bits per heavy atom. The summed E-state index contributed by atoms with van der Waals surface area (Å²) in [4.78, 5) is 9.80. The van der Waals surface area contributed by atoms with Gasteiger partial charge in [0.15, 0.2) is 0 Å². The van der Waals surface area contributed by atoms with E-state index in [0.29, 0.717) is 18.5 Å². The smallest absolute Gasteiger partial charge is 0.384 e. The molecule has 2 rings (SSSR count). The van der Waals surface area contributed by atoms with Gasteiger partial charge in [-0.2, -0.15) is 13.2 Å². The molecule has 0 aliphatic heterocycles. The first-order chi connectivity index (χ1) is 9.88. The second kappa shape index (κ2) is 6.32. The molecule has 0 amide bonds. The molecule has 116 valence electrons. The largest absolute Gasteiger partial charge is 0.418 e. The van der Waals surface area contributed by atoms with Crippen LogP contribution in [0.25, 0.3) is 0 Å². The number of nitro groups is 1. The number of nitro benzene ring substituents is 1. The van der Waals surface area contributed by atoms with E-state index < -0.39 is 22.4 Å². The van der Waals surface area contributed by atoms with Gasteiger partial charge in [-0.05, 0) is 24.8 Å². The van der Waals surface area contributed by atoms with Crippen LogP contribution in [0.5, 0.6) is 0 Å². The Morgan fingerprint density at radius 1 is 1.24 bits per heavy atom. The van der Waals surface area contributed by atoms with Gasteiger partial charge in [-0.25, -0.2) is 0 Å². The average Bonchev–Trinajstić information content (AvgIpc) is 2.45. The van der Waals surface area contributed by atoms with E-state index in [4.69, 9.17) is 0 Å². The third-order valence-corrected chi connectivity index (χ3v) is 3.83. The predicted octanol–water partition coefficient (Wildman–Crippen LogP) is 4.61. The Balaban J connectivity index is 2.15. The van der Waals surface area contributed by atoms with E-state index in [1.165, 1.54) is 6.42 Å². The Morgan fingerprint density at radius 3 is 2.48 bits per heavy atom. The highest BCUT2D eigenvalue weighted by Gasteiger charge is 2.35. The van der Waals surface area contributed by atoms with Crippen molar-refractivity contribution in [2.24, 2.45) is 5.92 Å². The molecule has 0 unspecified atom stereocenters. The molecule has 0 bridgehead atoms. The highest BCUT2D eigenvalue weighted by atomic mass is 19.4. The summed E-state index contributed by atoms with van der Waals surface area (Å²) in [6, 6.07) is 2.82. The van der Waals surface area contributed by atoms with Gasteiger partial charge in [0.25, 0.3) is 5.69 Å². The van der Waals surface area contributed by atoms with E-state index in [2.05, 4.69) is 5.32 Å². The highest BCUT2D eigenvalue weighted by molar-refractivity contribution is 5.57. The molecule has 1 aromatic rings. The molecule has 4 nitrogen and oxygen atoms in total. The van der Waals surface area contributed by atoms with Crippen molar-refractivity contribution in [2.75, 3.05) is 11.9 Å². The lowest BCUT2D eigenvalue weighted by molar-refractivity contribution is -0.385. The molecule has 1 N–H and O–H groups in total. The topological polar surface area (TPSA) is 55.2 Å². The zero-order chi connectivity index (χ0) is 15.5. The summed E-state index contributed by atoms with van der Waals surface area (Å²) >= 11 is 0. The Bertz CT molecular complexity index is 511. The van der Waals surface area contributed by atoms with Crippen LogP contribution in [-0.2, 0) is 6.18 Å². The molecule has 0 radical (unpaired) electrons. The SMILES string of the molecule is O=[N+]([O-])c1ccc(NCC2CCCCC2)c(C(F)(F)F)c1. The quantitative estimate of drug-likeness (QED) is 0.653. The van der Waals surface area contributed by atoms with Gasteiger partial charge in [0.1, 0.15) is 0 Å². The van der Waals surface area contributed by atoms with Crippen molar-refractivity contribution in [3.63, 3.8) is 0 Å². The first-order valence-electron chi connectivity index (χ1n) is 6.97. The Kier molecular flexibility index (Phi) is 4.69. The number of rotatable bonds is 4. The maximum absolute atomic E-state index is 13.0. The zero-order valence-electron chi connectivity index (χ0n) is 11.4. The van der Waals surface area contributed by atoms with Crippen molar-refractivity contribution in [3.05, 3.63) is 33.9 Å². The number of non-ortho nitro benzene ring substituents is 1. The van der Waals surface area contributed by atoms with Crippen LogP contribution in [0, 0.1) is 16.0 Å². The first kappa shape index (κ1) is 15.6. The third-order valence-electron chi connectivity index (χ3n) is 3.83. The van der Waals surface area contributed by atoms with Crippen LogP contribution >= 0.6 is 0 Å². The Hall–Kier alpha value is -1.79. The van der Waals surface area contributed by atoms with Crippen LogP contribution in [0.1, 0.15) is 37.7 Å². The number of benzene rings is 1. The summed E-state index contributed by atoms with van der Waals surface area (Å²) in [7, 11) is 0. The lowest BCUT2D eigenvalue weighted by atomic mass is 9.89. The number of nitrogens with one attached hydrogen (secondary N) is 1. The van der Waals surface area contributed by atoms with Gasteiger partial charge in [-0.1, -0.05) is 19.3 Å².